The zero-order valence-corrected chi connectivity index (χ0v) is 15.5. The molecule has 0 amide bonds. The lowest BCUT2D eigenvalue weighted by Gasteiger charge is -2.42. The smallest absolute Gasteiger partial charge is 0.0151 e. The molecule has 0 unspecified atom stereocenters. The Morgan fingerprint density at radius 2 is 1.10 bits per heavy atom. The molecule has 1 rings (SSSR count). The van der Waals surface area contributed by atoms with Crippen molar-refractivity contribution >= 4 is 0 Å². The van der Waals surface area contributed by atoms with Crippen molar-refractivity contribution in [3.05, 3.63) is 22.8 Å². The third kappa shape index (κ3) is 2.63. The number of hydrogen-bond donors (Lipinski definition) is 0. The molecule has 0 fully saturated rings. The van der Waals surface area contributed by atoms with Crippen LogP contribution < -0.4 is 0 Å². The van der Waals surface area contributed by atoms with Gasteiger partial charge in [0.1, 0.15) is 0 Å². The fourth-order valence-electron chi connectivity index (χ4n) is 4.36. The van der Waals surface area contributed by atoms with E-state index >= 15 is 0 Å². The lowest BCUT2D eigenvalue weighted by Crippen LogP contribution is -2.34. The molecule has 0 saturated carbocycles. The van der Waals surface area contributed by atoms with Gasteiger partial charge in [-0.3, -0.25) is 0 Å². The minimum Gasteiger partial charge on any atom is -0.0700 e. The highest BCUT2D eigenvalue weighted by molar-refractivity contribution is 5.51. The standard InChI is InChI=1S/C20H36/c1-12(2)17-11-20(15(7)8,16(9)10)19(14(5)6)18(17)13(3)4/h11-16H,1-10H3. The van der Waals surface area contributed by atoms with Gasteiger partial charge in [-0.05, 0) is 40.7 Å². The Balaban J connectivity index is 3.68. The van der Waals surface area contributed by atoms with E-state index in [0.717, 1.165) is 0 Å². The normalized spacial score (nSPS) is 19.2. The van der Waals surface area contributed by atoms with Gasteiger partial charge in [0.05, 0.1) is 0 Å². The van der Waals surface area contributed by atoms with Crippen LogP contribution in [0.15, 0.2) is 22.8 Å². The van der Waals surface area contributed by atoms with Crippen molar-refractivity contribution in [3.63, 3.8) is 0 Å². The van der Waals surface area contributed by atoms with Gasteiger partial charge in [0, 0.05) is 5.41 Å². The van der Waals surface area contributed by atoms with Crippen LogP contribution in [0.5, 0.6) is 0 Å². The first-order valence-corrected chi connectivity index (χ1v) is 8.54. The van der Waals surface area contributed by atoms with Gasteiger partial charge in [-0.1, -0.05) is 80.9 Å². The van der Waals surface area contributed by atoms with E-state index < -0.39 is 0 Å². The summed E-state index contributed by atoms with van der Waals surface area (Å²) in [6, 6.07) is 0. The second-order valence-electron chi connectivity index (χ2n) is 8.13. The predicted molar refractivity (Wildman–Crippen MR) is 91.7 cm³/mol. The molecule has 0 aromatic heterocycles. The van der Waals surface area contributed by atoms with E-state index in [1.54, 1.807) is 16.7 Å². The lowest BCUT2D eigenvalue weighted by molar-refractivity contribution is 0.216. The summed E-state index contributed by atoms with van der Waals surface area (Å²) in [7, 11) is 0. The predicted octanol–water partition coefficient (Wildman–Crippen LogP) is 6.49. The molecule has 0 aromatic carbocycles. The Bertz CT molecular complexity index is 392. The summed E-state index contributed by atoms with van der Waals surface area (Å²) in [4.78, 5) is 0. The highest BCUT2D eigenvalue weighted by Gasteiger charge is 2.46. The zero-order chi connectivity index (χ0) is 15.8. The molecule has 1 aliphatic rings. The zero-order valence-electron chi connectivity index (χ0n) is 15.5. The molecule has 1 aliphatic carbocycles. The first-order valence-electron chi connectivity index (χ1n) is 8.54. The molecule has 0 heteroatoms. The molecule has 20 heavy (non-hydrogen) atoms. The molecular weight excluding hydrogens is 240 g/mol. The lowest BCUT2D eigenvalue weighted by atomic mass is 9.62. The van der Waals surface area contributed by atoms with E-state index in [4.69, 9.17) is 0 Å². The van der Waals surface area contributed by atoms with Crippen LogP contribution in [0.4, 0.5) is 0 Å². The Morgan fingerprint density at radius 1 is 0.650 bits per heavy atom. The maximum Gasteiger partial charge on any atom is 0.0151 e. The van der Waals surface area contributed by atoms with Gasteiger partial charge < -0.3 is 0 Å². The van der Waals surface area contributed by atoms with Crippen LogP contribution in [0.2, 0.25) is 0 Å². The third-order valence-corrected chi connectivity index (χ3v) is 5.15. The minimum atomic E-state index is 0.257. The largest absolute Gasteiger partial charge is 0.0700 e. The Labute approximate surface area is 127 Å². The van der Waals surface area contributed by atoms with Crippen molar-refractivity contribution < 1.29 is 0 Å². The van der Waals surface area contributed by atoms with Crippen molar-refractivity contribution in [2.24, 2.45) is 35.0 Å². The first-order chi connectivity index (χ1) is 9.07. The summed E-state index contributed by atoms with van der Waals surface area (Å²) in [6.07, 6.45) is 2.65. The molecule has 0 bridgehead atoms. The molecule has 0 aliphatic heterocycles. The summed E-state index contributed by atoms with van der Waals surface area (Å²) >= 11 is 0. The molecule has 0 N–H and O–H groups in total. The quantitative estimate of drug-likeness (QED) is 0.538. The molecule has 0 aromatic rings. The number of hydrogen-bond acceptors (Lipinski definition) is 0. The van der Waals surface area contributed by atoms with Gasteiger partial charge in [0.25, 0.3) is 0 Å². The molecule has 0 spiro atoms. The fourth-order valence-corrected chi connectivity index (χ4v) is 4.36. The van der Waals surface area contributed by atoms with E-state index in [0.29, 0.717) is 29.6 Å². The minimum absolute atomic E-state index is 0.257. The van der Waals surface area contributed by atoms with Gasteiger partial charge in [0.15, 0.2) is 0 Å². The Hall–Kier alpha value is -0.520. The summed E-state index contributed by atoms with van der Waals surface area (Å²) in [5.41, 5.74) is 5.26. The van der Waals surface area contributed by atoms with E-state index in [1.807, 2.05) is 0 Å². The fraction of sp³-hybridized carbons (Fsp3) is 0.800. The number of allylic oxidation sites excluding steroid dienone is 4. The second-order valence-corrected chi connectivity index (χ2v) is 8.13. The first kappa shape index (κ1) is 17.5. The van der Waals surface area contributed by atoms with Crippen molar-refractivity contribution in [2.45, 2.75) is 69.2 Å². The Morgan fingerprint density at radius 3 is 1.35 bits per heavy atom. The average molecular weight is 277 g/mol. The van der Waals surface area contributed by atoms with E-state index in [1.165, 1.54) is 0 Å². The molecule has 0 atom stereocenters. The van der Waals surface area contributed by atoms with Crippen LogP contribution in [0, 0.1) is 35.0 Å². The summed E-state index contributed by atoms with van der Waals surface area (Å²) in [5.74, 6) is 3.19. The molecule has 0 saturated heterocycles. The monoisotopic (exact) mass is 276 g/mol. The SMILES string of the molecule is CC(C)C1=CC(C(C)C)(C(C)C)C(C(C)C)=C1C(C)C. The molecule has 116 valence electrons. The summed E-state index contributed by atoms with van der Waals surface area (Å²) in [6.45, 7) is 23.8. The second kappa shape index (κ2) is 6.08. The molecule has 0 heterocycles. The third-order valence-electron chi connectivity index (χ3n) is 5.15. The van der Waals surface area contributed by atoms with Gasteiger partial charge in [0.2, 0.25) is 0 Å². The highest BCUT2D eigenvalue weighted by atomic mass is 14.5. The molecule has 0 radical (unpaired) electrons. The summed E-state index contributed by atoms with van der Waals surface area (Å²) < 4.78 is 0. The van der Waals surface area contributed by atoms with Crippen LogP contribution in [0.25, 0.3) is 0 Å². The number of rotatable bonds is 5. The van der Waals surface area contributed by atoms with E-state index in [-0.39, 0.29) is 5.41 Å². The van der Waals surface area contributed by atoms with Crippen molar-refractivity contribution in [2.75, 3.05) is 0 Å². The van der Waals surface area contributed by atoms with Crippen molar-refractivity contribution in [1.82, 2.24) is 0 Å². The van der Waals surface area contributed by atoms with Crippen LogP contribution in [0.1, 0.15) is 69.2 Å². The van der Waals surface area contributed by atoms with Crippen molar-refractivity contribution in [1.29, 1.82) is 0 Å². The van der Waals surface area contributed by atoms with Gasteiger partial charge in [-0.15, -0.1) is 0 Å². The molecule has 0 nitrogen and oxygen atoms in total. The van der Waals surface area contributed by atoms with Crippen LogP contribution in [-0.4, -0.2) is 0 Å². The highest BCUT2D eigenvalue weighted by Crippen LogP contribution is 2.56. The van der Waals surface area contributed by atoms with Crippen LogP contribution >= 0.6 is 0 Å². The molecular formula is C20H36. The maximum atomic E-state index is 2.65. The van der Waals surface area contributed by atoms with Crippen molar-refractivity contribution in [3.8, 4) is 0 Å². The topological polar surface area (TPSA) is 0 Å². The van der Waals surface area contributed by atoms with Gasteiger partial charge >= 0.3 is 0 Å². The van der Waals surface area contributed by atoms with Crippen LogP contribution in [-0.2, 0) is 0 Å². The van der Waals surface area contributed by atoms with Gasteiger partial charge in [-0.25, -0.2) is 0 Å². The maximum absolute atomic E-state index is 2.65. The summed E-state index contributed by atoms with van der Waals surface area (Å²) in [5, 5.41) is 0. The average Bonchev–Trinajstić information content (AvgIpc) is 2.65. The van der Waals surface area contributed by atoms with Crippen LogP contribution in [0.3, 0.4) is 0 Å². The Kier molecular flexibility index (Phi) is 5.33. The van der Waals surface area contributed by atoms with E-state index in [9.17, 15) is 0 Å². The van der Waals surface area contributed by atoms with E-state index in [2.05, 4.69) is 75.3 Å². The van der Waals surface area contributed by atoms with Gasteiger partial charge in [-0.2, -0.15) is 0 Å².